The van der Waals surface area contributed by atoms with Gasteiger partial charge in [0.05, 0.1) is 0 Å². The van der Waals surface area contributed by atoms with Crippen molar-refractivity contribution in [3.8, 4) is 0 Å². The molecule has 0 saturated carbocycles. The highest BCUT2D eigenvalue weighted by Gasteiger charge is 2.43. The number of hydrogen-bond donors (Lipinski definition) is 0. The summed E-state index contributed by atoms with van der Waals surface area (Å²) in [5.41, 5.74) is 0.593. The van der Waals surface area contributed by atoms with Gasteiger partial charge < -0.3 is 0 Å². The summed E-state index contributed by atoms with van der Waals surface area (Å²) in [7, 11) is -0.966. The molecule has 37 heavy (non-hydrogen) atoms. The van der Waals surface area contributed by atoms with Crippen LogP contribution in [0.15, 0.2) is 108 Å². The van der Waals surface area contributed by atoms with Crippen LogP contribution in [0.25, 0.3) is 21.5 Å². The largest absolute Gasteiger partial charge is 0.0918 e. The Morgan fingerprint density at radius 1 is 0.622 bits per heavy atom. The van der Waals surface area contributed by atoms with Crippen molar-refractivity contribution >= 4 is 48.0 Å². The van der Waals surface area contributed by atoms with Gasteiger partial charge in [-0.05, 0) is 61.4 Å². The van der Waals surface area contributed by atoms with E-state index in [2.05, 4.69) is 152 Å². The van der Waals surface area contributed by atoms with Crippen molar-refractivity contribution in [2.75, 3.05) is 0 Å². The maximum Gasteiger partial charge on any atom is 0.00971 e. The van der Waals surface area contributed by atoms with Crippen LogP contribution in [0.4, 0.5) is 0 Å². The fraction of sp³-hybridized carbons (Fsp3) is 0.314. The zero-order chi connectivity index (χ0) is 26.4. The molecule has 4 aromatic rings. The highest BCUT2D eigenvalue weighted by Crippen LogP contribution is 2.67. The highest BCUT2D eigenvalue weighted by molar-refractivity contribution is 7.77. The molecule has 0 amide bonds. The van der Waals surface area contributed by atoms with E-state index in [1.165, 1.54) is 32.2 Å². The van der Waals surface area contributed by atoms with Gasteiger partial charge in [-0.15, -0.1) is 0 Å². The molecule has 0 aliphatic heterocycles. The van der Waals surface area contributed by atoms with Crippen molar-refractivity contribution in [2.24, 2.45) is 5.92 Å². The topological polar surface area (TPSA) is 0 Å². The summed E-state index contributed by atoms with van der Waals surface area (Å²) >= 11 is 0. The molecule has 2 heteroatoms. The van der Waals surface area contributed by atoms with Crippen molar-refractivity contribution in [1.82, 2.24) is 0 Å². The normalized spacial score (nSPS) is 17.2. The lowest BCUT2D eigenvalue weighted by Crippen LogP contribution is -2.34. The Balaban J connectivity index is 1.72. The summed E-state index contributed by atoms with van der Waals surface area (Å²) in [6.07, 6.45) is 7.33. The maximum atomic E-state index is 2.54. The number of allylic oxidation sites excluding steroid dienone is 4. The molecule has 2 atom stereocenters. The van der Waals surface area contributed by atoms with E-state index in [0.717, 1.165) is 0 Å². The van der Waals surface area contributed by atoms with Crippen LogP contribution >= 0.6 is 15.8 Å². The predicted octanol–water partition coefficient (Wildman–Crippen LogP) is 9.96. The van der Waals surface area contributed by atoms with E-state index in [1.807, 2.05) is 0 Å². The molecule has 0 aromatic heterocycles. The molecule has 0 nitrogen and oxygen atoms in total. The maximum absolute atomic E-state index is 2.54. The molecule has 0 spiro atoms. The van der Waals surface area contributed by atoms with E-state index in [4.69, 9.17) is 0 Å². The van der Waals surface area contributed by atoms with Crippen LogP contribution in [0.2, 0.25) is 0 Å². The van der Waals surface area contributed by atoms with Gasteiger partial charge in [-0.3, -0.25) is 0 Å². The first kappa shape index (κ1) is 26.4. The number of benzene rings is 4. The van der Waals surface area contributed by atoms with Crippen LogP contribution in [0.1, 0.15) is 48.5 Å². The molecule has 4 aromatic carbocycles. The molecule has 190 valence electrons. The average molecular weight is 523 g/mol. The first-order chi connectivity index (χ1) is 17.6. The van der Waals surface area contributed by atoms with Gasteiger partial charge in [0.25, 0.3) is 0 Å². The molecular weight excluding hydrogens is 482 g/mol. The lowest BCUT2D eigenvalue weighted by molar-refractivity contribution is 0.658. The minimum Gasteiger partial charge on any atom is -0.0918 e. The van der Waals surface area contributed by atoms with Crippen LogP contribution in [-0.2, 0) is 0 Å². The highest BCUT2D eigenvalue weighted by atomic mass is 31.1. The van der Waals surface area contributed by atoms with Crippen molar-refractivity contribution in [3.05, 3.63) is 108 Å². The van der Waals surface area contributed by atoms with Crippen LogP contribution in [0, 0.1) is 5.92 Å². The van der Waals surface area contributed by atoms with Gasteiger partial charge in [0.2, 0.25) is 0 Å². The van der Waals surface area contributed by atoms with Crippen molar-refractivity contribution in [2.45, 2.75) is 64.4 Å². The molecule has 5 rings (SSSR count). The third kappa shape index (κ3) is 5.09. The van der Waals surface area contributed by atoms with E-state index >= 15 is 0 Å². The van der Waals surface area contributed by atoms with Gasteiger partial charge in [-0.25, -0.2) is 0 Å². The molecule has 0 heterocycles. The van der Waals surface area contributed by atoms with Gasteiger partial charge in [0.15, 0.2) is 0 Å². The molecule has 0 radical (unpaired) electrons. The zero-order valence-electron chi connectivity index (χ0n) is 23.4. The monoisotopic (exact) mass is 522 g/mol. The molecule has 0 N–H and O–H groups in total. The van der Waals surface area contributed by atoms with Crippen LogP contribution in [0.5, 0.6) is 0 Å². The van der Waals surface area contributed by atoms with Crippen molar-refractivity contribution in [1.29, 1.82) is 0 Å². The zero-order valence-corrected chi connectivity index (χ0v) is 25.2. The first-order valence-electron chi connectivity index (χ1n) is 13.5. The third-order valence-corrected chi connectivity index (χ3v) is 14.3. The number of fused-ring (bicyclic) bond motifs is 2. The van der Waals surface area contributed by atoms with Crippen LogP contribution < -0.4 is 10.6 Å². The Morgan fingerprint density at radius 3 is 1.57 bits per heavy atom. The standard InChI is InChI=1S/C35H40P2/c1-25(37(34(2,3)4)35(5,6)7)28-21-14-24-31(28)36(32-22-12-17-26-15-8-10-19-29(26)32)33-23-13-18-27-16-9-11-20-30(27)33/h8-25,28H,1-7H3/t25-,28?/m0/s1. The first-order valence-corrected chi connectivity index (χ1v) is 16.3. The lowest BCUT2D eigenvalue weighted by atomic mass is 10.1. The Bertz CT molecular complexity index is 1370. The van der Waals surface area contributed by atoms with Crippen LogP contribution in [-0.4, -0.2) is 16.0 Å². The van der Waals surface area contributed by atoms with E-state index in [1.54, 1.807) is 5.31 Å². The summed E-state index contributed by atoms with van der Waals surface area (Å²) in [6, 6.07) is 31.7. The molecular formula is C35H40P2. The van der Waals surface area contributed by atoms with E-state index in [-0.39, 0.29) is 18.2 Å². The Labute approximate surface area is 226 Å². The van der Waals surface area contributed by atoms with E-state index in [0.29, 0.717) is 11.6 Å². The molecule has 1 aliphatic rings. The lowest BCUT2D eigenvalue weighted by Gasteiger charge is -2.48. The second-order valence-electron chi connectivity index (χ2n) is 12.3. The van der Waals surface area contributed by atoms with Crippen LogP contribution in [0.3, 0.4) is 0 Å². The average Bonchev–Trinajstić information content (AvgIpc) is 3.32. The smallest absolute Gasteiger partial charge is 0.00971 e. The summed E-state index contributed by atoms with van der Waals surface area (Å²) in [5, 5.41) is 10.6. The van der Waals surface area contributed by atoms with E-state index in [9.17, 15) is 0 Å². The second kappa shape index (κ2) is 10.1. The molecule has 1 unspecified atom stereocenters. The van der Waals surface area contributed by atoms with Crippen molar-refractivity contribution in [3.63, 3.8) is 0 Å². The second-order valence-corrected chi connectivity index (χ2v) is 18.7. The molecule has 0 fully saturated rings. The Morgan fingerprint density at radius 2 is 1.08 bits per heavy atom. The number of rotatable bonds is 5. The Kier molecular flexibility index (Phi) is 7.22. The minimum atomic E-state index is -0.711. The van der Waals surface area contributed by atoms with Gasteiger partial charge >= 0.3 is 0 Å². The summed E-state index contributed by atoms with van der Waals surface area (Å²) in [4.78, 5) is 0. The summed E-state index contributed by atoms with van der Waals surface area (Å²) in [5.74, 6) is 0.452. The Hall–Kier alpha value is -2.26. The van der Waals surface area contributed by atoms with E-state index < -0.39 is 7.92 Å². The van der Waals surface area contributed by atoms with Gasteiger partial charge in [-0.2, -0.15) is 0 Å². The fourth-order valence-electron chi connectivity index (χ4n) is 6.72. The summed E-state index contributed by atoms with van der Waals surface area (Å²) in [6.45, 7) is 17.3. The fourth-order valence-corrected chi connectivity index (χ4v) is 14.9. The molecule has 0 bridgehead atoms. The van der Waals surface area contributed by atoms with Gasteiger partial charge in [-0.1, -0.05) is 160 Å². The predicted molar refractivity (Wildman–Crippen MR) is 171 cm³/mol. The minimum absolute atomic E-state index is 0.255. The van der Waals surface area contributed by atoms with Crippen molar-refractivity contribution < 1.29 is 0 Å². The third-order valence-electron chi connectivity index (χ3n) is 7.57. The number of hydrogen-bond acceptors (Lipinski definition) is 0. The SMILES string of the molecule is C[C@@H](C1C=CC=C1P(c1cccc2ccccc12)c1cccc2ccccc12)P(C(C)(C)C)C(C)(C)C. The molecule has 0 saturated heterocycles. The quantitative estimate of drug-likeness (QED) is 0.229. The molecule has 1 aliphatic carbocycles. The summed E-state index contributed by atoms with van der Waals surface area (Å²) < 4.78 is 0. The van der Waals surface area contributed by atoms with Gasteiger partial charge in [0, 0.05) is 5.92 Å². The van der Waals surface area contributed by atoms with Gasteiger partial charge in [0.1, 0.15) is 0 Å².